The van der Waals surface area contributed by atoms with Crippen LogP contribution in [-0.2, 0) is 37.0 Å². The molecular weight excluding hydrogens is 830 g/mol. The molecule has 0 saturated carbocycles. The Kier molecular flexibility index (Phi) is 14.7. The molecule has 5 amide bonds. The maximum atomic E-state index is 14.3. The van der Waals surface area contributed by atoms with Crippen molar-refractivity contribution in [3.63, 3.8) is 0 Å². The van der Waals surface area contributed by atoms with Gasteiger partial charge in [-0.2, -0.15) is 0 Å². The minimum Gasteiger partial charge on any atom is -0.465 e. The number of hydrogen-bond acceptors (Lipinski definition) is 8. The lowest BCUT2D eigenvalue weighted by molar-refractivity contribution is -0.142. The Balaban J connectivity index is 0.895. The van der Waals surface area contributed by atoms with E-state index in [1.807, 2.05) is 66.7 Å². The van der Waals surface area contributed by atoms with Crippen molar-refractivity contribution >= 4 is 46.8 Å². The molecule has 4 N–H and O–H groups in total. The van der Waals surface area contributed by atoms with Crippen molar-refractivity contribution in [3.8, 4) is 0 Å². The molecule has 4 heterocycles. The molecule has 0 bridgehead atoms. The molecule has 8 rings (SSSR count). The van der Waals surface area contributed by atoms with Gasteiger partial charge in [-0.1, -0.05) is 61.0 Å². The average Bonchev–Trinajstić information content (AvgIpc) is 4.14. The third-order valence-corrected chi connectivity index (χ3v) is 13.1. The summed E-state index contributed by atoms with van der Waals surface area (Å²) in [5.74, 6) is -1.62. The minimum atomic E-state index is -1.30. The van der Waals surface area contributed by atoms with Crippen LogP contribution in [0.4, 0.5) is 26.2 Å². The predicted molar refractivity (Wildman–Crippen MR) is 244 cm³/mol. The number of carbonyl (C=O) groups is 5. The third kappa shape index (κ3) is 11.1. The van der Waals surface area contributed by atoms with Gasteiger partial charge in [0.1, 0.15) is 30.0 Å². The number of carboxylic acid groups (broad SMARTS) is 1. The van der Waals surface area contributed by atoms with E-state index in [0.29, 0.717) is 69.8 Å². The van der Waals surface area contributed by atoms with Gasteiger partial charge in [-0.3, -0.25) is 24.1 Å². The summed E-state index contributed by atoms with van der Waals surface area (Å²) in [4.78, 5) is 74.4. The van der Waals surface area contributed by atoms with Gasteiger partial charge in [0.15, 0.2) is 0 Å². The molecule has 342 valence electrons. The molecule has 4 saturated heterocycles. The second-order valence-electron chi connectivity index (χ2n) is 17.5. The van der Waals surface area contributed by atoms with E-state index in [2.05, 4.69) is 25.8 Å². The van der Waals surface area contributed by atoms with Gasteiger partial charge in [0.2, 0.25) is 23.6 Å². The molecule has 5 atom stereocenters. The molecule has 4 aliphatic heterocycles. The van der Waals surface area contributed by atoms with Crippen LogP contribution in [0.2, 0.25) is 0 Å². The van der Waals surface area contributed by atoms with Crippen molar-refractivity contribution in [1.29, 1.82) is 0 Å². The summed E-state index contributed by atoms with van der Waals surface area (Å²) >= 11 is 0. The van der Waals surface area contributed by atoms with E-state index in [1.54, 1.807) is 29.2 Å². The van der Waals surface area contributed by atoms with Gasteiger partial charge in [-0.15, -0.1) is 0 Å². The fourth-order valence-electron chi connectivity index (χ4n) is 9.76. The number of ether oxygens (including phenoxy) is 1. The number of nitrogens with zero attached hydrogens (tertiary/aromatic N) is 4. The van der Waals surface area contributed by atoms with Crippen molar-refractivity contribution in [1.82, 2.24) is 20.0 Å². The van der Waals surface area contributed by atoms with Crippen LogP contribution in [0.5, 0.6) is 0 Å². The van der Waals surface area contributed by atoms with E-state index in [9.17, 15) is 33.5 Å². The summed E-state index contributed by atoms with van der Waals surface area (Å²) in [5.41, 5.74) is 4.83. The number of carbonyl (C=O) groups excluding carboxylic acids is 4. The van der Waals surface area contributed by atoms with Crippen LogP contribution in [-0.4, -0.2) is 107 Å². The Morgan fingerprint density at radius 2 is 1.22 bits per heavy atom. The fourth-order valence-corrected chi connectivity index (χ4v) is 9.76. The highest BCUT2D eigenvalue weighted by Gasteiger charge is 2.42. The molecule has 0 aromatic heterocycles. The van der Waals surface area contributed by atoms with Crippen LogP contribution in [0.1, 0.15) is 74.1 Å². The van der Waals surface area contributed by atoms with Gasteiger partial charge in [0.05, 0.1) is 6.61 Å². The summed E-state index contributed by atoms with van der Waals surface area (Å²) in [5, 5.41) is 17.8. The molecule has 0 spiro atoms. The number of piperidine rings is 1. The monoisotopic (exact) mass is 887 g/mol. The normalized spacial score (nSPS) is 20.8. The second kappa shape index (κ2) is 21.1. The van der Waals surface area contributed by atoms with Crippen LogP contribution >= 0.6 is 0 Å². The van der Waals surface area contributed by atoms with Crippen LogP contribution < -0.4 is 20.9 Å². The Labute approximate surface area is 379 Å². The summed E-state index contributed by atoms with van der Waals surface area (Å²) in [6.45, 7) is 4.26. The van der Waals surface area contributed by atoms with Crippen molar-refractivity contribution in [2.75, 3.05) is 54.9 Å². The molecule has 4 aromatic carbocycles. The number of amides is 5. The highest BCUT2D eigenvalue weighted by atomic mass is 19.1. The van der Waals surface area contributed by atoms with E-state index < -0.39 is 36.2 Å². The molecule has 4 aliphatic rings. The molecular formula is C50H58FN7O7. The van der Waals surface area contributed by atoms with Gasteiger partial charge in [-0.05, 0) is 123 Å². The van der Waals surface area contributed by atoms with Crippen molar-refractivity contribution in [2.45, 2.75) is 88.6 Å². The van der Waals surface area contributed by atoms with Crippen LogP contribution in [0.15, 0.2) is 103 Å². The maximum absolute atomic E-state index is 14.3. The SMILES string of the molecule is O=C(O)N[C@H](C(=O)N1CCC[C@H]1C(=O)Nc1ccc(CN(Cc2ccc(NC(=O)[C@@H]3CCCN3C(=O)[C@@H](c3ccccc3)N3CCCCC3)cc2)c2ccc(F)cc2)cc1)[C@H]1CCOC1. The van der Waals surface area contributed by atoms with Gasteiger partial charge in [0.25, 0.3) is 0 Å². The first-order valence-electron chi connectivity index (χ1n) is 22.9. The molecule has 14 nitrogen and oxygen atoms in total. The lowest BCUT2D eigenvalue weighted by atomic mass is 9.97. The van der Waals surface area contributed by atoms with Gasteiger partial charge >= 0.3 is 6.09 Å². The number of likely N-dealkylation sites (tertiary alicyclic amines) is 3. The number of rotatable bonds is 15. The number of halogens is 1. The first-order chi connectivity index (χ1) is 31.6. The smallest absolute Gasteiger partial charge is 0.405 e. The third-order valence-electron chi connectivity index (χ3n) is 13.1. The maximum Gasteiger partial charge on any atom is 0.405 e. The van der Waals surface area contributed by atoms with E-state index >= 15 is 0 Å². The van der Waals surface area contributed by atoms with Gasteiger partial charge in [0, 0.05) is 55.8 Å². The average molecular weight is 888 g/mol. The predicted octanol–water partition coefficient (Wildman–Crippen LogP) is 6.79. The lowest BCUT2D eigenvalue weighted by Gasteiger charge is -2.37. The first-order valence-corrected chi connectivity index (χ1v) is 22.9. The summed E-state index contributed by atoms with van der Waals surface area (Å²) in [6.07, 6.45) is 4.96. The molecule has 15 heteroatoms. The quantitative estimate of drug-likeness (QED) is 0.101. The van der Waals surface area contributed by atoms with Crippen LogP contribution in [0, 0.1) is 11.7 Å². The molecule has 0 unspecified atom stereocenters. The van der Waals surface area contributed by atoms with Gasteiger partial charge < -0.3 is 40.5 Å². The van der Waals surface area contributed by atoms with Crippen LogP contribution in [0.25, 0.3) is 0 Å². The van der Waals surface area contributed by atoms with Crippen molar-refractivity contribution in [3.05, 3.63) is 126 Å². The van der Waals surface area contributed by atoms with E-state index in [1.165, 1.54) is 17.0 Å². The molecule has 65 heavy (non-hydrogen) atoms. The fraction of sp³-hybridized carbons (Fsp3) is 0.420. The summed E-state index contributed by atoms with van der Waals surface area (Å²) < 4.78 is 19.5. The molecule has 4 fully saturated rings. The van der Waals surface area contributed by atoms with Crippen molar-refractivity contribution in [2.24, 2.45) is 5.92 Å². The zero-order valence-electron chi connectivity index (χ0n) is 36.6. The Hall–Kier alpha value is -6.32. The topological polar surface area (TPSA) is 164 Å². The first kappa shape index (κ1) is 45.3. The largest absolute Gasteiger partial charge is 0.465 e. The van der Waals surface area contributed by atoms with Crippen molar-refractivity contribution < 1.29 is 38.2 Å². The highest BCUT2D eigenvalue weighted by molar-refractivity contribution is 5.99. The number of anilines is 3. The molecule has 0 aliphatic carbocycles. The van der Waals surface area contributed by atoms with Gasteiger partial charge in [-0.25, -0.2) is 9.18 Å². The summed E-state index contributed by atoms with van der Waals surface area (Å²) in [7, 11) is 0. The Morgan fingerprint density at radius 1 is 0.662 bits per heavy atom. The van der Waals surface area contributed by atoms with E-state index in [-0.39, 0.29) is 36.1 Å². The zero-order chi connectivity index (χ0) is 45.3. The Morgan fingerprint density at radius 3 is 1.74 bits per heavy atom. The lowest BCUT2D eigenvalue weighted by Crippen LogP contribution is -2.55. The van der Waals surface area contributed by atoms with E-state index in [4.69, 9.17) is 4.74 Å². The minimum absolute atomic E-state index is 0.0204. The Bertz CT molecular complexity index is 2270. The zero-order valence-corrected chi connectivity index (χ0v) is 36.6. The number of benzene rings is 4. The molecule has 0 radical (unpaired) electrons. The molecule has 4 aromatic rings. The van der Waals surface area contributed by atoms with E-state index in [0.717, 1.165) is 61.2 Å². The highest BCUT2D eigenvalue weighted by Crippen LogP contribution is 2.31. The number of hydrogen-bond donors (Lipinski definition) is 4. The summed E-state index contributed by atoms with van der Waals surface area (Å²) in [6, 6.07) is 28.5. The van der Waals surface area contributed by atoms with Crippen LogP contribution in [0.3, 0.4) is 0 Å². The number of nitrogens with one attached hydrogen (secondary N) is 3. The second-order valence-corrected chi connectivity index (χ2v) is 17.5. The standard InChI is InChI=1S/C50H58FN7O7/c51-38-17-23-41(24-18-38)56(31-34-13-19-39(20-14-34)52-46(59)42-11-7-28-57(42)48(61)44(54-50(63)64)37-25-30-65-33-37)32-35-15-21-40(22-16-35)53-47(60)43-12-8-29-58(43)49(62)45(36-9-3-1-4-10-36)55-26-5-2-6-27-55/h1,3-4,9-10,13-24,37,42-45,54H,2,5-8,11-12,25-33H2,(H,52,59)(H,53,60)(H,63,64)/t37-,42-,43-,44-,45+/m0/s1.